The van der Waals surface area contributed by atoms with Crippen molar-refractivity contribution in [1.29, 1.82) is 0 Å². The molecule has 0 bridgehead atoms. The quantitative estimate of drug-likeness (QED) is 0.673. The molecule has 0 aliphatic rings. The van der Waals surface area contributed by atoms with Crippen molar-refractivity contribution < 1.29 is 4.39 Å². The molecule has 0 saturated heterocycles. The van der Waals surface area contributed by atoms with Gasteiger partial charge in [-0.3, -0.25) is 0 Å². The molecule has 0 amide bonds. The third-order valence-corrected chi connectivity index (χ3v) is 2.21. The summed E-state index contributed by atoms with van der Waals surface area (Å²) in [5.41, 5.74) is 6.60. The fourth-order valence-electron chi connectivity index (χ4n) is 1.09. The number of anilines is 1. The molecule has 0 aliphatic heterocycles. The molecular formula is C10H14FN. The second-order valence-corrected chi connectivity index (χ2v) is 3.09. The molecule has 0 heterocycles. The van der Waals surface area contributed by atoms with Crippen LogP contribution >= 0.6 is 0 Å². The van der Waals surface area contributed by atoms with Crippen molar-refractivity contribution in [3.8, 4) is 0 Å². The molecule has 0 aliphatic carbocycles. The summed E-state index contributed by atoms with van der Waals surface area (Å²) in [4.78, 5) is 0. The third kappa shape index (κ3) is 1.76. The maximum Gasteiger partial charge on any atom is 0.146 e. The van der Waals surface area contributed by atoms with Crippen molar-refractivity contribution in [3.05, 3.63) is 29.6 Å². The maximum atomic E-state index is 13.0. The number of hydrogen-bond acceptors (Lipinski definition) is 1. The molecule has 1 nitrogen and oxygen atoms in total. The molecule has 1 atom stereocenters. The predicted octanol–water partition coefficient (Wildman–Crippen LogP) is 2.92. The molecule has 66 valence electrons. The Bertz CT molecular complexity index is 271. The zero-order chi connectivity index (χ0) is 9.14. The van der Waals surface area contributed by atoms with Gasteiger partial charge in [0.1, 0.15) is 5.82 Å². The first-order chi connectivity index (χ1) is 5.65. The van der Waals surface area contributed by atoms with Crippen LogP contribution in [0, 0.1) is 5.82 Å². The number of nitrogen functional groups attached to an aromatic ring is 1. The first-order valence-corrected chi connectivity index (χ1v) is 4.20. The number of benzene rings is 1. The molecule has 1 unspecified atom stereocenters. The van der Waals surface area contributed by atoms with Crippen LogP contribution in [0.2, 0.25) is 0 Å². The Morgan fingerprint density at radius 3 is 2.67 bits per heavy atom. The summed E-state index contributed by atoms with van der Waals surface area (Å²) < 4.78 is 13.0. The van der Waals surface area contributed by atoms with E-state index in [0.29, 0.717) is 5.92 Å². The van der Waals surface area contributed by atoms with E-state index in [9.17, 15) is 4.39 Å². The van der Waals surface area contributed by atoms with Crippen LogP contribution in [-0.4, -0.2) is 0 Å². The molecule has 12 heavy (non-hydrogen) atoms. The maximum absolute atomic E-state index is 13.0. The lowest BCUT2D eigenvalue weighted by molar-refractivity contribution is 0.624. The standard InChI is InChI=1S/C10H14FN/c1-3-7(2)8-4-5-10(12)9(11)6-8/h4-7H,3,12H2,1-2H3. The van der Waals surface area contributed by atoms with Crippen LogP contribution in [0.1, 0.15) is 31.7 Å². The van der Waals surface area contributed by atoms with Crippen LogP contribution in [0.4, 0.5) is 10.1 Å². The Labute approximate surface area is 72.4 Å². The van der Waals surface area contributed by atoms with E-state index < -0.39 is 0 Å². The van der Waals surface area contributed by atoms with Gasteiger partial charge in [0.05, 0.1) is 5.69 Å². The Balaban J connectivity index is 2.96. The highest BCUT2D eigenvalue weighted by molar-refractivity contribution is 5.42. The van der Waals surface area contributed by atoms with E-state index in [2.05, 4.69) is 13.8 Å². The second-order valence-electron chi connectivity index (χ2n) is 3.09. The Kier molecular flexibility index (Phi) is 2.69. The Hall–Kier alpha value is -1.05. The van der Waals surface area contributed by atoms with Crippen LogP contribution in [-0.2, 0) is 0 Å². The van der Waals surface area contributed by atoms with E-state index in [4.69, 9.17) is 5.73 Å². The molecule has 1 aromatic carbocycles. The van der Waals surface area contributed by atoms with Crippen molar-refractivity contribution in [2.45, 2.75) is 26.2 Å². The molecule has 0 spiro atoms. The first kappa shape index (κ1) is 9.04. The Morgan fingerprint density at radius 1 is 1.50 bits per heavy atom. The lowest BCUT2D eigenvalue weighted by Crippen LogP contribution is -1.95. The van der Waals surface area contributed by atoms with Gasteiger partial charge in [-0.05, 0) is 30.0 Å². The highest BCUT2D eigenvalue weighted by Crippen LogP contribution is 2.21. The molecule has 2 N–H and O–H groups in total. The third-order valence-electron chi connectivity index (χ3n) is 2.21. The number of rotatable bonds is 2. The monoisotopic (exact) mass is 167 g/mol. The smallest absolute Gasteiger partial charge is 0.146 e. The zero-order valence-electron chi connectivity index (χ0n) is 7.47. The number of nitrogens with two attached hydrogens (primary N) is 1. The molecule has 1 aromatic rings. The topological polar surface area (TPSA) is 26.0 Å². The predicted molar refractivity (Wildman–Crippen MR) is 49.5 cm³/mol. The van der Waals surface area contributed by atoms with E-state index >= 15 is 0 Å². The van der Waals surface area contributed by atoms with Gasteiger partial charge in [-0.15, -0.1) is 0 Å². The van der Waals surface area contributed by atoms with Gasteiger partial charge in [-0.25, -0.2) is 4.39 Å². The van der Waals surface area contributed by atoms with Gasteiger partial charge in [0.15, 0.2) is 0 Å². The zero-order valence-corrected chi connectivity index (χ0v) is 7.47. The molecule has 2 heteroatoms. The molecule has 0 fully saturated rings. The first-order valence-electron chi connectivity index (χ1n) is 4.20. The average Bonchev–Trinajstić information content (AvgIpc) is 2.08. The van der Waals surface area contributed by atoms with E-state index in [1.54, 1.807) is 6.07 Å². The average molecular weight is 167 g/mol. The molecule has 0 aromatic heterocycles. The lowest BCUT2D eigenvalue weighted by Gasteiger charge is -2.09. The van der Waals surface area contributed by atoms with Crippen LogP contribution in [0.25, 0.3) is 0 Å². The van der Waals surface area contributed by atoms with Crippen LogP contribution in [0.5, 0.6) is 0 Å². The molecule has 0 saturated carbocycles. The van der Waals surface area contributed by atoms with Crippen LogP contribution in [0.3, 0.4) is 0 Å². The summed E-state index contributed by atoms with van der Waals surface area (Å²) in [6, 6.07) is 5.02. The van der Waals surface area contributed by atoms with E-state index in [1.807, 2.05) is 6.07 Å². The normalized spacial score (nSPS) is 12.9. The summed E-state index contributed by atoms with van der Waals surface area (Å²) >= 11 is 0. The van der Waals surface area contributed by atoms with E-state index in [0.717, 1.165) is 12.0 Å². The molecular weight excluding hydrogens is 153 g/mol. The second kappa shape index (κ2) is 3.57. The molecule has 0 radical (unpaired) electrons. The van der Waals surface area contributed by atoms with Crippen molar-refractivity contribution >= 4 is 5.69 Å². The SMILES string of the molecule is CCC(C)c1ccc(N)c(F)c1. The van der Waals surface area contributed by atoms with Gasteiger partial charge in [0.2, 0.25) is 0 Å². The van der Waals surface area contributed by atoms with Crippen LogP contribution in [0.15, 0.2) is 18.2 Å². The van der Waals surface area contributed by atoms with Crippen molar-refractivity contribution in [3.63, 3.8) is 0 Å². The summed E-state index contributed by atoms with van der Waals surface area (Å²) in [5, 5.41) is 0. The van der Waals surface area contributed by atoms with E-state index in [-0.39, 0.29) is 11.5 Å². The van der Waals surface area contributed by atoms with Crippen molar-refractivity contribution in [2.24, 2.45) is 0 Å². The summed E-state index contributed by atoms with van der Waals surface area (Å²) in [7, 11) is 0. The largest absolute Gasteiger partial charge is 0.396 e. The van der Waals surface area contributed by atoms with Gasteiger partial charge in [0.25, 0.3) is 0 Å². The Morgan fingerprint density at radius 2 is 2.17 bits per heavy atom. The minimum Gasteiger partial charge on any atom is -0.396 e. The number of halogens is 1. The lowest BCUT2D eigenvalue weighted by atomic mass is 9.98. The minimum atomic E-state index is -0.312. The summed E-state index contributed by atoms with van der Waals surface area (Å²) in [5.74, 6) is 0.0906. The highest BCUT2D eigenvalue weighted by Gasteiger charge is 2.05. The summed E-state index contributed by atoms with van der Waals surface area (Å²) in [6.07, 6.45) is 1.02. The number of hydrogen-bond donors (Lipinski definition) is 1. The highest BCUT2D eigenvalue weighted by atomic mass is 19.1. The minimum absolute atomic E-state index is 0.224. The summed E-state index contributed by atoms with van der Waals surface area (Å²) in [6.45, 7) is 4.16. The van der Waals surface area contributed by atoms with Gasteiger partial charge in [0, 0.05) is 0 Å². The fraction of sp³-hybridized carbons (Fsp3) is 0.400. The van der Waals surface area contributed by atoms with Crippen molar-refractivity contribution in [1.82, 2.24) is 0 Å². The molecule has 1 rings (SSSR count). The van der Waals surface area contributed by atoms with Gasteiger partial charge < -0.3 is 5.73 Å². The van der Waals surface area contributed by atoms with E-state index in [1.165, 1.54) is 6.07 Å². The van der Waals surface area contributed by atoms with Crippen molar-refractivity contribution in [2.75, 3.05) is 5.73 Å². The fourth-order valence-corrected chi connectivity index (χ4v) is 1.09. The van der Waals surface area contributed by atoms with Gasteiger partial charge in [-0.1, -0.05) is 19.9 Å². The van der Waals surface area contributed by atoms with Crippen LogP contribution < -0.4 is 5.73 Å². The van der Waals surface area contributed by atoms with Gasteiger partial charge >= 0.3 is 0 Å². The van der Waals surface area contributed by atoms with Gasteiger partial charge in [-0.2, -0.15) is 0 Å².